The molecule has 24 heavy (non-hydrogen) atoms. The van der Waals surface area contributed by atoms with Gasteiger partial charge in [0, 0.05) is 25.1 Å². The molecular weight excluding hydrogens is 302 g/mol. The summed E-state index contributed by atoms with van der Waals surface area (Å²) in [6.45, 7) is 9.81. The average Bonchev–Trinajstić information content (AvgIpc) is 3.00. The highest BCUT2D eigenvalue weighted by molar-refractivity contribution is 6.03. The summed E-state index contributed by atoms with van der Waals surface area (Å²) in [4.78, 5) is 29.0. The lowest BCUT2D eigenvalue weighted by atomic mass is 10.1. The van der Waals surface area contributed by atoms with Crippen LogP contribution >= 0.6 is 0 Å². The molecule has 132 valence electrons. The van der Waals surface area contributed by atoms with E-state index in [4.69, 9.17) is 0 Å². The molecule has 0 radical (unpaired) electrons. The molecular formula is C19H29N3O2. The van der Waals surface area contributed by atoms with E-state index in [9.17, 15) is 9.59 Å². The van der Waals surface area contributed by atoms with Crippen molar-refractivity contribution in [1.82, 2.24) is 10.2 Å². The van der Waals surface area contributed by atoms with Crippen LogP contribution in [0.1, 0.15) is 39.2 Å². The van der Waals surface area contributed by atoms with E-state index in [1.807, 2.05) is 31.2 Å². The number of hydrogen-bond donors (Lipinski definition) is 1. The van der Waals surface area contributed by atoms with Crippen LogP contribution < -0.4 is 10.2 Å². The number of carbonyl (C=O) groups excluding carboxylic acids is 2. The number of amides is 2. The van der Waals surface area contributed by atoms with Gasteiger partial charge in [-0.05, 0) is 37.7 Å². The van der Waals surface area contributed by atoms with Gasteiger partial charge in [-0.1, -0.05) is 39.0 Å². The normalized spacial score (nSPS) is 16.3. The van der Waals surface area contributed by atoms with E-state index in [1.54, 1.807) is 4.90 Å². The molecule has 0 bridgehead atoms. The Bertz CT molecular complexity index is 569. The Hall–Kier alpha value is -1.88. The van der Waals surface area contributed by atoms with Crippen LogP contribution in [0, 0.1) is 0 Å². The summed E-state index contributed by atoms with van der Waals surface area (Å²) in [7, 11) is 0. The number of carbonyl (C=O) groups is 2. The van der Waals surface area contributed by atoms with Gasteiger partial charge in [-0.2, -0.15) is 0 Å². The first-order chi connectivity index (χ1) is 11.6. The van der Waals surface area contributed by atoms with Crippen LogP contribution in [0.5, 0.6) is 0 Å². The maximum absolute atomic E-state index is 12.6. The highest BCUT2D eigenvalue weighted by atomic mass is 16.2. The number of fused-ring (bicyclic) bond motifs is 1. The average molecular weight is 331 g/mol. The van der Waals surface area contributed by atoms with E-state index >= 15 is 0 Å². The first kappa shape index (κ1) is 18.5. The lowest BCUT2D eigenvalue weighted by Crippen LogP contribution is -2.48. The molecule has 1 unspecified atom stereocenters. The number of hydrogen-bond acceptors (Lipinski definition) is 3. The molecule has 1 N–H and O–H groups in total. The molecule has 0 saturated carbocycles. The molecule has 1 aliphatic rings. The number of rotatable bonds is 8. The van der Waals surface area contributed by atoms with Crippen LogP contribution in [-0.4, -0.2) is 48.9 Å². The van der Waals surface area contributed by atoms with Crippen molar-refractivity contribution in [2.45, 2.75) is 46.1 Å². The van der Waals surface area contributed by atoms with Crippen molar-refractivity contribution in [2.24, 2.45) is 0 Å². The Balaban J connectivity index is 1.95. The van der Waals surface area contributed by atoms with Crippen LogP contribution in [0.15, 0.2) is 24.3 Å². The van der Waals surface area contributed by atoms with Gasteiger partial charge in [-0.15, -0.1) is 0 Å². The molecule has 2 amide bonds. The Labute approximate surface area is 145 Å². The molecule has 1 aliphatic heterocycles. The second-order valence-corrected chi connectivity index (χ2v) is 6.14. The monoisotopic (exact) mass is 331 g/mol. The molecule has 5 nitrogen and oxygen atoms in total. The van der Waals surface area contributed by atoms with Gasteiger partial charge in [0.2, 0.25) is 11.8 Å². The quantitative estimate of drug-likeness (QED) is 0.743. The summed E-state index contributed by atoms with van der Waals surface area (Å²) < 4.78 is 0. The molecule has 1 aromatic carbocycles. The molecule has 1 heterocycles. The van der Waals surface area contributed by atoms with Crippen molar-refractivity contribution in [3.8, 4) is 0 Å². The Morgan fingerprint density at radius 3 is 2.58 bits per heavy atom. The van der Waals surface area contributed by atoms with Gasteiger partial charge in [0.1, 0.15) is 6.04 Å². The number of benzene rings is 1. The summed E-state index contributed by atoms with van der Waals surface area (Å²) in [6, 6.07) is 7.38. The zero-order valence-corrected chi connectivity index (χ0v) is 15.0. The van der Waals surface area contributed by atoms with Crippen LogP contribution in [0.25, 0.3) is 0 Å². The van der Waals surface area contributed by atoms with Crippen molar-refractivity contribution < 1.29 is 9.59 Å². The van der Waals surface area contributed by atoms with E-state index in [2.05, 4.69) is 24.1 Å². The molecule has 2 rings (SSSR count). The van der Waals surface area contributed by atoms with Crippen molar-refractivity contribution >= 4 is 17.5 Å². The summed E-state index contributed by atoms with van der Waals surface area (Å²) in [5.74, 6) is -0.0456. The van der Waals surface area contributed by atoms with Gasteiger partial charge >= 0.3 is 0 Å². The predicted molar refractivity (Wildman–Crippen MR) is 97.1 cm³/mol. The highest BCUT2D eigenvalue weighted by Gasteiger charge is 2.37. The van der Waals surface area contributed by atoms with E-state index in [1.165, 1.54) is 0 Å². The smallest absolute Gasteiger partial charge is 0.243 e. The third-order valence-corrected chi connectivity index (χ3v) is 4.69. The second kappa shape index (κ2) is 8.83. The summed E-state index contributed by atoms with van der Waals surface area (Å²) in [5, 5.41) is 3.01. The Morgan fingerprint density at radius 2 is 1.92 bits per heavy atom. The zero-order chi connectivity index (χ0) is 17.5. The highest BCUT2D eigenvalue weighted by Crippen LogP contribution is 2.32. The number of nitrogens with one attached hydrogen (secondary N) is 1. The molecule has 0 aromatic heterocycles. The van der Waals surface area contributed by atoms with Crippen LogP contribution in [0.2, 0.25) is 0 Å². The summed E-state index contributed by atoms with van der Waals surface area (Å²) in [5.41, 5.74) is 1.95. The van der Waals surface area contributed by atoms with Crippen LogP contribution in [0.3, 0.4) is 0 Å². The Morgan fingerprint density at radius 1 is 1.21 bits per heavy atom. The molecule has 0 fully saturated rings. The van der Waals surface area contributed by atoms with Gasteiger partial charge in [0.05, 0.1) is 0 Å². The second-order valence-electron chi connectivity index (χ2n) is 6.14. The first-order valence-corrected chi connectivity index (χ1v) is 9.02. The first-order valence-electron chi connectivity index (χ1n) is 9.02. The SMILES string of the molecule is CCC(=O)N1c2ccccc2CC1C(=O)NCCCN(CC)CC. The fourth-order valence-corrected chi connectivity index (χ4v) is 3.25. The van der Waals surface area contributed by atoms with Crippen molar-refractivity contribution in [3.63, 3.8) is 0 Å². The van der Waals surface area contributed by atoms with Gasteiger partial charge in [0.15, 0.2) is 0 Å². The van der Waals surface area contributed by atoms with Crippen molar-refractivity contribution in [1.29, 1.82) is 0 Å². The largest absolute Gasteiger partial charge is 0.354 e. The standard InChI is InChI=1S/C19H29N3O2/c1-4-18(23)22-16-11-8-7-10-15(16)14-17(22)19(24)20-12-9-13-21(5-2)6-3/h7-8,10-11,17H,4-6,9,12-14H2,1-3H3,(H,20,24). The molecule has 1 atom stereocenters. The van der Waals surface area contributed by atoms with Crippen molar-refractivity contribution in [2.75, 3.05) is 31.1 Å². The minimum atomic E-state index is -0.414. The summed E-state index contributed by atoms with van der Waals surface area (Å²) >= 11 is 0. The van der Waals surface area contributed by atoms with E-state index in [0.29, 0.717) is 19.4 Å². The third kappa shape index (κ3) is 4.15. The number of para-hydroxylation sites is 1. The minimum Gasteiger partial charge on any atom is -0.354 e. The van der Waals surface area contributed by atoms with Crippen molar-refractivity contribution in [3.05, 3.63) is 29.8 Å². The van der Waals surface area contributed by atoms with E-state index < -0.39 is 6.04 Å². The number of nitrogens with zero attached hydrogens (tertiary/aromatic N) is 2. The fraction of sp³-hybridized carbons (Fsp3) is 0.579. The minimum absolute atomic E-state index is 0.00300. The maximum atomic E-state index is 12.6. The lowest BCUT2D eigenvalue weighted by molar-refractivity contribution is -0.126. The summed E-state index contributed by atoms with van der Waals surface area (Å²) in [6.07, 6.45) is 1.93. The van der Waals surface area contributed by atoms with Crippen LogP contribution in [-0.2, 0) is 16.0 Å². The number of anilines is 1. The van der Waals surface area contributed by atoms with Gasteiger partial charge in [-0.25, -0.2) is 0 Å². The van der Waals surface area contributed by atoms with Gasteiger partial charge in [-0.3, -0.25) is 14.5 Å². The zero-order valence-electron chi connectivity index (χ0n) is 15.0. The molecule has 0 aliphatic carbocycles. The molecule has 0 spiro atoms. The molecule has 0 saturated heterocycles. The predicted octanol–water partition coefficient (Wildman–Crippen LogP) is 2.20. The van der Waals surface area contributed by atoms with E-state index in [-0.39, 0.29) is 11.8 Å². The molecule has 5 heteroatoms. The molecule has 1 aromatic rings. The van der Waals surface area contributed by atoms with E-state index in [0.717, 1.165) is 37.3 Å². The third-order valence-electron chi connectivity index (χ3n) is 4.69. The van der Waals surface area contributed by atoms with Gasteiger partial charge in [0.25, 0.3) is 0 Å². The lowest BCUT2D eigenvalue weighted by Gasteiger charge is -2.25. The maximum Gasteiger partial charge on any atom is 0.243 e. The Kier molecular flexibility index (Phi) is 6.79. The fourth-order valence-electron chi connectivity index (χ4n) is 3.25. The van der Waals surface area contributed by atoms with Crippen LogP contribution in [0.4, 0.5) is 5.69 Å². The topological polar surface area (TPSA) is 52.7 Å². The van der Waals surface area contributed by atoms with Gasteiger partial charge < -0.3 is 10.2 Å².